The molecule has 4 rings (SSSR count). The van der Waals surface area contributed by atoms with Crippen LogP contribution >= 0.6 is 0 Å². The second-order valence-electron chi connectivity index (χ2n) is 7.34. The fourth-order valence-electron chi connectivity index (χ4n) is 3.96. The van der Waals surface area contributed by atoms with Crippen LogP contribution in [0.15, 0.2) is 30.3 Å². The Balaban J connectivity index is 1.62. The molecule has 0 atom stereocenters. The van der Waals surface area contributed by atoms with Crippen molar-refractivity contribution in [3.05, 3.63) is 35.9 Å². The standard InChI is InChI=1S/C20H26N4O3S/c1-2-28(26,27)24-13-11-23(12-14-24)20(25)17-15-16-7-3-4-8-18(16)21-19(17)22-9-5-6-10-22/h3-4,7-8,15H,2,5-6,9-14H2,1H3. The summed E-state index contributed by atoms with van der Waals surface area (Å²) < 4.78 is 25.6. The van der Waals surface area contributed by atoms with Gasteiger partial charge in [0, 0.05) is 44.7 Å². The van der Waals surface area contributed by atoms with Crippen molar-refractivity contribution < 1.29 is 13.2 Å². The lowest BCUT2D eigenvalue weighted by Gasteiger charge is -2.34. The van der Waals surface area contributed by atoms with E-state index in [-0.39, 0.29) is 11.7 Å². The number of piperazine rings is 1. The zero-order valence-electron chi connectivity index (χ0n) is 16.2. The zero-order valence-corrected chi connectivity index (χ0v) is 17.0. The highest BCUT2D eigenvalue weighted by Gasteiger charge is 2.30. The average Bonchev–Trinajstić information content (AvgIpc) is 3.27. The molecule has 1 aromatic carbocycles. The number of amides is 1. The van der Waals surface area contributed by atoms with Crippen LogP contribution < -0.4 is 4.90 Å². The molecule has 3 heterocycles. The second kappa shape index (κ2) is 7.67. The Labute approximate surface area is 166 Å². The average molecular weight is 403 g/mol. The van der Waals surface area contributed by atoms with Crippen LogP contribution in [-0.4, -0.2) is 73.5 Å². The fourth-order valence-corrected chi connectivity index (χ4v) is 5.04. The van der Waals surface area contributed by atoms with Crippen molar-refractivity contribution in [3.63, 3.8) is 0 Å². The van der Waals surface area contributed by atoms with Gasteiger partial charge in [-0.3, -0.25) is 4.79 Å². The summed E-state index contributed by atoms with van der Waals surface area (Å²) in [5, 5.41) is 0.945. The van der Waals surface area contributed by atoms with Crippen molar-refractivity contribution >= 4 is 32.7 Å². The summed E-state index contributed by atoms with van der Waals surface area (Å²) in [5.41, 5.74) is 1.51. The van der Waals surface area contributed by atoms with Crippen LogP contribution in [0.4, 0.5) is 5.82 Å². The zero-order chi connectivity index (χ0) is 19.7. The minimum Gasteiger partial charge on any atom is -0.356 e. The first-order valence-corrected chi connectivity index (χ1v) is 11.5. The molecule has 150 valence electrons. The molecular formula is C20H26N4O3S. The molecule has 2 fully saturated rings. The lowest BCUT2D eigenvalue weighted by molar-refractivity contribution is 0.0698. The summed E-state index contributed by atoms with van der Waals surface area (Å²) in [7, 11) is -3.21. The Morgan fingerprint density at radius 2 is 1.71 bits per heavy atom. The monoisotopic (exact) mass is 402 g/mol. The minimum absolute atomic E-state index is 0.0614. The Bertz CT molecular complexity index is 978. The van der Waals surface area contributed by atoms with E-state index in [9.17, 15) is 13.2 Å². The summed E-state index contributed by atoms with van der Waals surface area (Å²) in [5.74, 6) is 0.785. The number of anilines is 1. The SMILES string of the molecule is CCS(=O)(=O)N1CCN(C(=O)c2cc3ccccc3nc2N2CCCC2)CC1. The van der Waals surface area contributed by atoms with Crippen molar-refractivity contribution in [2.24, 2.45) is 0 Å². The van der Waals surface area contributed by atoms with Crippen LogP contribution in [-0.2, 0) is 10.0 Å². The lowest BCUT2D eigenvalue weighted by Crippen LogP contribution is -2.51. The van der Waals surface area contributed by atoms with Gasteiger partial charge in [-0.25, -0.2) is 13.4 Å². The molecule has 0 unspecified atom stereocenters. The van der Waals surface area contributed by atoms with E-state index in [0.717, 1.165) is 42.7 Å². The minimum atomic E-state index is -3.21. The Hall–Kier alpha value is -2.19. The molecule has 28 heavy (non-hydrogen) atoms. The van der Waals surface area contributed by atoms with Crippen molar-refractivity contribution in [2.75, 3.05) is 49.9 Å². The summed E-state index contributed by atoms with van der Waals surface area (Å²) in [6.07, 6.45) is 2.21. The van der Waals surface area contributed by atoms with Gasteiger partial charge in [0.25, 0.3) is 5.91 Å². The van der Waals surface area contributed by atoms with Crippen LogP contribution in [0.1, 0.15) is 30.1 Å². The predicted octanol–water partition coefficient (Wildman–Crippen LogP) is 1.94. The van der Waals surface area contributed by atoms with Gasteiger partial charge in [0.05, 0.1) is 16.8 Å². The Morgan fingerprint density at radius 3 is 2.39 bits per heavy atom. The summed E-state index contributed by atoms with van der Waals surface area (Å²) in [4.78, 5) is 22.1. The largest absolute Gasteiger partial charge is 0.356 e. The van der Waals surface area contributed by atoms with Gasteiger partial charge in [0.1, 0.15) is 5.82 Å². The van der Waals surface area contributed by atoms with Gasteiger partial charge in [0.15, 0.2) is 0 Å². The van der Waals surface area contributed by atoms with E-state index in [1.165, 1.54) is 4.31 Å². The number of sulfonamides is 1. The van der Waals surface area contributed by atoms with Gasteiger partial charge < -0.3 is 9.80 Å². The number of benzene rings is 1. The first-order chi connectivity index (χ1) is 13.5. The van der Waals surface area contributed by atoms with Gasteiger partial charge in [-0.1, -0.05) is 18.2 Å². The highest BCUT2D eigenvalue weighted by molar-refractivity contribution is 7.89. The first-order valence-electron chi connectivity index (χ1n) is 9.91. The van der Waals surface area contributed by atoms with Gasteiger partial charge >= 0.3 is 0 Å². The maximum atomic E-state index is 13.3. The van der Waals surface area contributed by atoms with Gasteiger partial charge in [-0.2, -0.15) is 4.31 Å². The molecule has 2 aliphatic rings. The number of para-hydroxylation sites is 1. The van der Waals surface area contributed by atoms with E-state index in [4.69, 9.17) is 4.98 Å². The maximum Gasteiger partial charge on any atom is 0.257 e. The Morgan fingerprint density at radius 1 is 1.04 bits per heavy atom. The van der Waals surface area contributed by atoms with E-state index < -0.39 is 10.0 Å². The van der Waals surface area contributed by atoms with E-state index in [0.29, 0.717) is 31.7 Å². The molecular weight excluding hydrogens is 376 g/mol. The number of carbonyl (C=O) groups is 1. The van der Waals surface area contributed by atoms with E-state index in [2.05, 4.69) is 4.90 Å². The number of hydrogen-bond donors (Lipinski definition) is 0. The van der Waals surface area contributed by atoms with Crippen LogP contribution in [0.5, 0.6) is 0 Å². The predicted molar refractivity (Wildman–Crippen MR) is 110 cm³/mol. The molecule has 0 bridgehead atoms. The number of rotatable bonds is 4. The molecule has 1 amide bonds. The van der Waals surface area contributed by atoms with Crippen LogP contribution in [0.2, 0.25) is 0 Å². The summed E-state index contributed by atoms with van der Waals surface area (Å²) in [6.45, 7) is 4.98. The molecule has 2 aliphatic heterocycles. The molecule has 0 spiro atoms. The van der Waals surface area contributed by atoms with E-state index in [1.807, 2.05) is 30.3 Å². The first kappa shape index (κ1) is 19.1. The van der Waals surface area contributed by atoms with Crippen molar-refractivity contribution in [3.8, 4) is 0 Å². The van der Waals surface area contributed by atoms with Crippen LogP contribution in [0, 0.1) is 0 Å². The third kappa shape index (κ3) is 3.58. The number of aromatic nitrogens is 1. The fraction of sp³-hybridized carbons (Fsp3) is 0.500. The van der Waals surface area contributed by atoms with Crippen molar-refractivity contribution in [1.82, 2.24) is 14.2 Å². The number of fused-ring (bicyclic) bond motifs is 1. The van der Waals surface area contributed by atoms with Gasteiger partial charge in [-0.05, 0) is 31.9 Å². The van der Waals surface area contributed by atoms with Crippen LogP contribution in [0.3, 0.4) is 0 Å². The smallest absolute Gasteiger partial charge is 0.257 e. The maximum absolute atomic E-state index is 13.3. The van der Waals surface area contributed by atoms with E-state index >= 15 is 0 Å². The number of carbonyl (C=O) groups excluding carboxylic acids is 1. The van der Waals surface area contributed by atoms with E-state index in [1.54, 1.807) is 11.8 Å². The normalized spacial score (nSPS) is 18.8. The Kier molecular flexibility index (Phi) is 5.25. The molecule has 7 nitrogen and oxygen atoms in total. The van der Waals surface area contributed by atoms with Crippen molar-refractivity contribution in [1.29, 1.82) is 0 Å². The third-order valence-electron chi connectivity index (χ3n) is 5.62. The topological polar surface area (TPSA) is 73.8 Å². The van der Waals surface area contributed by atoms with Gasteiger partial charge in [-0.15, -0.1) is 0 Å². The quantitative estimate of drug-likeness (QED) is 0.781. The molecule has 0 aliphatic carbocycles. The summed E-state index contributed by atoms with van der Waals surface area (Å²) in [6, 6.07) is 9.78. The van der Waals surface area contributed by atoms with Gasteiger partial charge in [0.2, 0.25) is 10.0 Å². The molecule has 1 aromatic heterocycles. The highest BCUT2D eigenvalue weighted by Crippen LogP contribution is 2.28. The molecule has 2 saturated heterocycles. The third-order valence-corrected chi connectivity index (χ3v) is 7.51. The second-order valence-corrected chi connectivity index (χ2v) is 9.60. The lowest BCUT2D eigenvalue weighted by atomic mass is 10.1. The van der Waals surface area contributed by atoms with Crippen molar-refractivity contribution in [2.45, 2.75) is 19.8 Å². The molecule has 0 saturated carbocycles. The molecule has 2 aromatic rings. The molecule has 0 N–H and O–H groups in total. The number of hydrogen-bond acceptors (Lipinski definition) is 5. The highest BCUT2D eigenvalue weighted by atomic mass is 32.2. The molecule has 8 heteroatoms. The number of pyridine rings is 1. The summed E-state index contributed by atoms with van der Waals surface area (Å²) >= 11 is 0. The number of nitrogens with zero attached hydrogens (tertiary/aromatic N) is 4. The van der Waals surface area contributed by atoms with Crippen LogP contribution in [0.25, 0.3) is 10.9 Å². The molecule has 0 radical (unpaired) electrons.